The van der Waals surface area contributed by atoms with Gasteiger partial charge in [0, 0.05) is 11.9 Å². The van der Waals surface area contributed by atoms with Gasteiger partial charge in [0.25, 0.3) is 11.5 Å². The van der Waals surface area contributed by atoms with Gasteiger partial charge in [-0.3, -0.25) is 14.0 Å². The smallest absolute Gasteiger partial charge is 0.269 e. The van der Waals surface area contributed by atoms with Gasteiger partial charge in [0.05, 0.1) is 6.61 Å². The normalized spacial score (nSPS) is 11.1. The zero-order valence-electron chi connectivity index (χ0n) is 19.2. The molecule has 0 aliphatic heterocycles. The molecule has 8 nitrogen and oxygen atoms in total. The number of carbonyl (C=O) groups is 1. The van der Waals surface area contributed by atoms with Gasteiger partial charge in [-0.05, 0) is 68.0 Å². The molecule has 174 valence electrons. The Labute approximate surface area is 201 Å². The summed E-state index contributed by atoms with van der Waals surface area (Å²) in [5, 5.41) is 12.4. The summed E-state index contributed by atoms with van der Waals surface area (Å²) in [6.45, 7) is 4.23. The predicted molar refractivity (Wildman–Crippen MR) is 133 cm³/mol. The van der Waals surface area contributed by atoms with Crippen LogP contribution in [0.25, 0.3) is 11.7 Å². The third kappa shape index (κ3) is 5.20. The van der Waals surface area contributed by atoms with Crippen LogP contribution < -0.4 is 20.3 Å². The quantitative estimate of drug-likeness (QED) is 0.312. The third-order valence-electron chi connectivity index (χ3n) is 5.08. The van der Waals surface area contributed by atoms with E-state index in [1.807, 2.05) is 32.0 Å². The van der Waals surface area contributed by atoms with Crippen LogP contribution in [0, 0.1) is 18.3 Å². The summed E-state index contributed by atoms with van der Waals surface area (Å²) in [6, 6.07) is 21.0. The van der Waals surface area contributed by atoms with Crippen molar-refractivity contribution in [3.05, 3.63) is 100.0 Å². The number of ether oxygens (including phenoxy) is 2. The molecule has 2 heterocycles. The first-order chi connectivity index (χ1) is 17.0. The molecule has 4 aromatic rings. The highest BCUT2D eigenvalue weighted by atomic mass is 16.5. The van der Waals surface area contributed by atoms with Crippen LogP contribution in [0.1, 0.15) is 18.1 Å². The van der Waals surface area contributed by atoms with Crippen molar-refractivity contribution in [1.82, 2.24) is 9.38 Å². The lowest BCUT2D eigenvalue weighted by molar-refractivity contribution is -0.112. The molecule has 0 saturated heterocycles. The Morgan fingerprint density at radius 2 is 1.83 bits per heavy atom. The van der Waals surface area contributed by atoms with Crippen molar-refractivity contribution < 1.29 is 14.3 Å². The molecule has 0 radical (unpaired) electrons. The summed E-state index contributed by atoms with van der Waals surface area (Å²) >= 11 is 0. The first-order valence-electron chi connectivity index (χ1n) is 10.9. The number of fused-ring (bicyclic) bond motifs is 1. The van der Waals surface area contributed by atoms with E-state index in [0.29, 0.717) is 29.4 Å². The molecule has 4 rings (SSSR count). The summed E-state index contributed by atoms with van der Waals surface area (Å²) in [5.41, 5.74) is 0.902. The number of anilines is 1. The summed E-state index contributed by atoms with van der Waals surface area (Å²) < 4.78 is 12.7. The minimum Gasteiger partial charge on any atom is -0.494 e. The van der Waals surface area contributed by atoms with E-state index in [-0.39, 0.29) is 17.0 Å². The number of nitriles is 1. The van der Waals surface area contributed by atoms with Gasteiger partial charge in [-0.1, -0.05) is 24.3 Å². The highest BCUT2D eigenvalue weighted by Gasteiger charge is 2.18. The van der Waals surface area contributed by atoms with E-state index >= 15 is 0 Å². The molecule has 0 atom stereocenters. The van der Waals surface area contributed by atoms with Crippen LogP contribution in [0.5, 0.6) is 17.4 Å². The van der Waals surface area contributed by atoms with Gasteiger partial charge in [-0.2, -0.15) is 10.2 Å². The Kier molecular flexibility index (Phi) is 6.88. The van der Waals surface area contributed by atoms with Crippen molar-refractivity contribution in [2.45, 2.75) is 13.8 Å². The van der Waals surface area contributed by atoms with E-state index in [9.17, 15) is 14.9 Å². The number of hydrogen-bond acceptors (Lipinski definition) is 6. The van der Waals surface area contributed by atoms with Gasteiger partial charge in [0.1, 0.15) is 34.4 Å². The molecule has 8 heteroatoms. The number of amides is 1. The van der Waals surface area contributed by atoms with Crippen molar-refractivity contribution in [2.24, 2.45) is 0 Å². The number of aromatic nitrogens is 2. The molecule has 0 spiro atoms. The van der Waals surface area contributed by atoms with Crippen LogP contribution in [0.4, 0.5) is 5.69 Å². The molecule has 0 fully saturated rings. The summed E-state index contributed by atoms with van der Waals surface area (Å²) in [7, 11) is 0. The minimum absolute atomic E-state index is 0.00267. The SMILES string of the molecule is CCOc1ccc(NC(=O)C(C#N)=Cc2c(Oc3ccccc3)nc3c(C)cccn3c2=O)cc1. The van der Waals surface area contributed by atoms with Gasteiger partial charge in [-0.25, -0.2) is 0 Å². The zero-order valence-corrected chi connectivity index (χ0v) is 19.2. The lowest BCUT2D eigenvalue weighted by Gasteiger charge is -2.11. The Balaban J connectivity index is 1.75. The molecule has 0 aliphatic carbocycles. The monoisotopic (exact) mass is 466 g/mol. The number of nitrogens with zero attached hydrogens (tertiary/aromatic N) is 3. The number of carbonyl (C=O) groups excluding carboxylic acids is 1. The van der Waals surface area contributed by atoms with Crippen LogP contribution >= 0.6 is 0 Å². The lowest BCUT2D eigenvalue weighted by atomic mass is 10.1. The van der Waals surface area contributed by atoms with Crippen LogP contribution in [-0.4, -0.2) is 21.9 Å². The van der Waals surface area contributed by atoms with Gasteiger partial charge in [0.15, 0.2) is 0 Å². The largest absolute Gasteiger partial charge is 0.494 e. The number of aryl methyl sites for hydroxylation is 1. The molecule has 35 heavy (non-hydrogen) atoms. The summed E-state index contributed by atoms with van der Waals surface area (Å²) in [5.74, 6) is 0.451. The fourth-order valence-electron chi connectivity index (χ4n) is 3.39. The molecule has 0 aliphatic rings. The maximum absolute atomic E-state index is 13.4. The molecule has 2 aromatic heterocycles. The summed E-state index contributed by atoms with van der Waals surface area (Å²) in [6.07, 6.45) is 2.78. The fourth-order valence-corrected chi connectivity index (χ4v) is 3.39. The molecule has 0 bridgehead atoms. The average molecular weight is 466 g/mol. The van der Waals surface area contributed by atoms with Crippen LogP contribution in [0.3, 0.4) is 0 Å². The number of hydrogen-bond donors (Lipinski definition) is 1. The first-order valence-corrected chi connectivity index (χ1v) is 10.9. The Bertz CT molecular complexity index is 1500. The topological polar surface area (TPSA) is 106 Å². The standard InChI is InChI=1S/C27H22N4O4/c1-3-34-21-13-11-20(12-14-21)29-25(32)19(17-28)16-23-26(35-22-9-5-4-6-10-22)30-24-18(2)8-7-15-31(24)27(23)33/h4-16H,3H2,1-2H3,(H,29,32). The molecule has 1 amide bonds. The molecule has 0 saturated carbocycles. The minimum atomic E-state index is -0.670. The average Bonchev–Trinajstić information content (AvgIpc) is 2.86. The van der Waals surface area contributed by atoms with Gasteiger partial charge < -0.3 is 14.8 Å². The van der Waals surface area contributed by atoms with Crippen molar-refractivity contribution in [2.75, 3.05) is 11.9 Å². The fraction of sp³-hybridized carbons (Fsp3) is 0.111. The zero-order chi connectivity index (χ0) is 24.8. The van der Waals surface area contributed by atoms with E-state index in [4.69, 9.17) is 9.47 Å². The molecular weight excluding hydrogens is 444 g/mol. The van der Waals surface area contributed by atoms with Crippen molar-refractivity contribution >= 4 is 23.3 Å². The van der Waals surface area contributed by atoms with Gasteiger partial charge in [0.2, 0.25) is 5.88 Å². The number of pyridine rings is 1. The van der Waals surface area contributed by atoms with Crippen molar-refractivity contribution in [3.63, 3.8) is 0 Å². The number of rotatable bonds is 7. The second-order valence-electron chi connectivity index (χ2n) is 7.52. The van der Waals surface area contributed by atoms with E-state index in [2.05, 4.69) is 10.3 Å². The van der Waals surface area contributed by atoms with E-state index < -0.39 is 11.5 Å². The number of para-hydroxylation sites is 1. The Morgan fingerprint density at radius 1 is 1.09 bits per heavy atom. The molecular formula is C27H22N4O4. The predicted octanol–water partition coefficient (Wildman–Crippen LogP) is 4.74. The van der Waals surface area contributed by atoms with E-state index in [1.54, 1.807) is 60.8 Å². The van der Waals surface area contributed by atoms with Crippen LogP contribution in [0.2, 0.25) is 0 Å². The van der Waals surface area contributed by atoms with Gasteiger partial charge >= 0.3 is 0 Å². The van der Waals surface area contributed by atoms with Gasteiger partial charge in [-0.15, -0.1) is 0 Å². The Morgan fingerprint density at radius 3 is 2.51 bits per heavy atom. The van der Waals surface area contributed by atoms with Crippen molar-refractivity contribution in [1.29, 1.82) is 5.26 Å². The lowest BCUT2D eigenvalue weighted by Crippen LogP contribution is -2.20. The number of nitrogens with one attached hydrogen (secondary N) is 1. The van der Waals surface area contributed by atoms with Crippen molar-refractivity contribution in [3.8, 4) is 23.4 Å². The molecule has 2 aromatic carbocycles. The second-order valence-corrected chi connectivity index (χ2v) is 7.52. The number of benzene rings is 2. The maximum atomic E-state index is 13.4. The van der Waals surface area contributed by atoms with Crippen LogP contribution in [-0.2, 0) is 4.79 Å². The third-order valence-corrected chi connectivity index (χ3v) is 5.08. The Hall–Kier alpha value is -4.90. The maximum Gasteiger partial charge on any atom is 0.269 e. The second kappa shape index (κ2) is 10.4. The first kappa shape index (κ1) is 23.3. The highest BCUT2D eigenvalue weighted by Crippen LogP contribution is 2.25. The highest BCUT2D eigenvalue weighted by molar-refractivity contribution is 6.09. The van der Waals surface area contributed by atoms with Crippen LogP contribution in [0.15, 0.2) is 83.3 Å². The summed E-state index contributed by atoms with van der Waals surface area (Å²) in [4.78, 5) is 30.8. The molecule has 1 N–H and O–H groups in total. The molecule has 0 unspecified atom stereocenters. The van der Waals surface area contributed by atoms with E-state index in [0.717, 1.165) is 5.56 Å². The van der Waals surface area contributed by atoms with E-state index in [1.165, 1.54) is 10.5 Å².